The lowest BCUT2D eigenvalue weighted by atomic mass is 9.86. The fraction of sp³-hybridized carbons (Fsp3) is 0.280. The molecule has 4 aliphatic rings. The number of ketones is 1. The molecule has 0 spiro atoms. The van der Waals surface area contributed by atoms with Gasteiger partial charge in [-0.25, -0.2) is 4.90 Å². The molecule has 0 aliphatic carbocycles. The molecule has 2 aromatic rings. The summed E-state index contributed by atoms with van der Waals surface area (Å²) in [7, 11) is 1.55. The summed E-state index contributed by atoms with van der Waals surface area (Å²) in [4.78, 5) is 42.1. The number of anilines is 1. The highest BCUT2D eigenvalue weighted by Gasteiger charge is 2.64. The van der Waals surface area contributed by atoms with Gasteiger partial charge in [0.2, 0.25) is 11.8 Å². The van der Waals surface area contributed by atoms with Gasteiger partial charge >= 0.3 is 0 Å². The zero-order chi connectivity index (χ0) is 23.4. The van der Waals surface area contributed by atoms with Crippen molar-refractivity contribution >= 4 is 29.5 Å². The number of imide groups is 1. The van der Waals surface area contributed by atoms with Gasteiger partial charge in [-0.05, 0) is 42.5 Å². The number of Topliss-reactive ketones (excluding diaryl/α,β-unsaturated/α-hetero) is 1. The molecular weight excluding hydrogens is 438 g/mol. The van der Waals surface area contributed by atoms with Crippen molar-refractivity contribution in [2.24, 2.45) is 16.9 Å². The molecule has 0 radical (unpaired) electrons. The maximum atomic E-state index is 13.7. The third-order valence-corrected chi connectivity index (χ3v) is 6.72. The van der Waals surface area contributed by atoms with Gasteiger partial charge in [0.05, 0.1) is 30.7 Å². The Balaban J connectivity index is 1.38. The second-order valence-electron chi connectivity index (χ2n) is 8.45. The zero-order valence-corrected chi connectivity index (χ0v) is 18.3. The Labute approximate surface area is 195 Å². The Bertz CT molecular complexity index is 1250. The van der Waals surface area contributed by atoms with Crippen LogP contribution in [0.3, 0.4) is 0 Å². The van der Waals surface area contributed by atoms with Crippen LogP contribution in [-0.4, -0.2) is 61.2 Å². The number of allylic oxidation sites excluding steroid dienone is 1. The first-order chi connectivity index (χ1) is 16.6. The van der Waals surface area contributed by atoms with Gasteiger partial charge in [-0.2, -0.15) is 5.10 Å². The highest BCUT2D eigenvalue weighted by atomic mass is 16.6. The fourth-order valence-electron chi connectivity index (χ4n) is 5.19. The lowest BCUT2D eigenvalue weighted by Crippen LogP contribution is -2.46. The Morgan fingerprint density at radius 3 is 2.50 bits per heavy atom. The summed E-state index contributed by atoms with van der Waals surface area (Å²) in [5.74, 6) is -0.951. The van der Waals surface area contributed by atoms with E-state index in [0.29, 0.717) is 41.7 Å². The molecule has 0 N–H and O–H groups in total. The Kier molecular flexibility index (Phi) is 4.65. The zero-order valence-electron chi connectivity index (χ0n) is 18.3. The van der Waals surface area contributed by atoms with Crippen molar-refractivity contribution in [1.82, 2.24) is 5.01 Å². The molecule has 9 heteroatoms. The first-order valence-electron chi connectivity index (χ1n) is 11.0. The molecule has 9 nitrogen and oxygen atoms in total. The molecule has 0 unspecified atom stereocenters. The van der Waals surface area contributed by atoms with E-state index in [1.807, 2.05) is 6.08 Å². The summed E-state index contributed by atoms with van der Waals surface area (Å²) in [6, 6.07) is 10.3. The van der Waals surface area contributed by atoms with Crippen molar-refractivity contribution in [2.45, 2.75) is 12.1 Å². The number of carbonyl (C=O) groups excluding carboxylic acids is 3. The first kappa shape index (κ1) is 20.5. The van der Waals surface area contributed by atoms with Gasteiger partial charge in [0.15, 0.2) is 17.3 Å². The number of nitrogens with zero attached hydrogens (tertiary/aromatic N) is 3. The maximum Gasteiger partial charge on any atom is 0.240 e. The summed E-state index contributed by atoms with van der Waals surface area (Å²) in [6.07, 6.45) is 5.13. The molecule has 34 heavy (non-hydrogen) atoms. The molecule has 172 valence electrons. The van der Waals surface area contributed by atoms with E-state index < -0.39 is 29.8 Å². The van der Waals surface area contributed by atoms with Crippen molar-refractivity contribution in [3.63, 3.8) is 0 Å². The standard InChI is InChI=1S/C25H21N3O6/c1-32-16-7-4-14(5-8-16)23(29)22-21-20(17-3-2-10-26-28(17)22)24(30)27(25(21)31)15-6-9-18-19(13-15)34-12-11-33-18/h2-10,13,17,20-22H,11-12H2,1H3/t17-,20+,21+,22-/m0/s1. The van der Waals surface area contributed by atoms with E-state index in [9.17, 15) is 14.4 Å². The van der Waals surface area contributed by atoms with E-state index in [4.69, 9.17) is 14.2 Å². The second-order valence-corrected chi connectivity index (χ2v) is 8.45. The highest BCUT2D eigenvalue weighted by Crippen LogP contribution is 2.47. The molecule has 0 aromatic heterocycles. The van der Waals surface area contributed by atoms with Gasteiger partial charge in [-0.1, -0.05) is 6.08 Å². The molecule has 2 aromatic carbocycles. The van der Waals surface area contributed by atoms with Crippen LogP contribution in [0, 0.1) is 11.8 Å². The van der Waals surface area contributed by atoms with Crippen LogP contribution in [0.1, 0.15) is 10.4 Å². The minimum Gasteiger partial charge on any atom is -0.497 e. The van der Waals surface area contributed by atoms with Crippen LogP contribution in [0.15, 0.2) is 59.7 Å². The number of carbonyl (C=O) groups is 3. The summed E-state index contributed by atoms with van der Waals surface area (Å²) in [5, 5.41) is 5.97. The van der Waals surface area contributed by atoms with E-state index in [1.54, 1.807) is 66.9 Å². The predicted octanol–water partition coefficient (Wildman–Crippen LogP) is 2.06. The largest absolute Gasteiger partial charge is 0.497 e. The van der Waals surface area contributed by atoms with Crippen LogP contribution in [0.2, 0.25) is 0 Å². The van der Waals surface area contributed by atoms with Crippen molar-refractivity contribution in [3.8, 4) is 17.2 Å². The van der Waals surface area contributed by atoms with E-state index in [-0.39, 0.29) is 11.7 Å². The summed E-state index contributed by atoms with van der Waals surface area (Å²) in [6.45, 7) is 0.833. The predicted molar refractivity (Wildman–Crippen MR) is 121 cm³/mol. The average Bonchev–Trinajstić information content (AvgIpc) is 3.35. The highest BCUT2D eigenvalue weighted by molar-refractivity contribution is 6.24. The van der Waals surface area contributed by atoms with Crippen LogP contribution >= 0.6 is 0 Å². The number of rotatable bonds is 4. The van der Waals surface area contributed by atoms with Gasteiger partial charge in [0.1, 0.15) is 25.0 Å². The lowest BCUT2D eigenvalue weighted by molar-refractivity contribution is -0.123. The van der Waals surface area contributed by atoms with Gasteiger partial charge in [0, 0.05) is 17.8 Å². The number of methoxy groups -OCH3 is 1. The topological polar surface area (TPSA) is 97.7 Å². The van der Waals surface area contributed by atoms with Crippen molar-refractivity contribution in [1.29, 1.82) is 0 Å². The van der Waals surface area contributed by atoms with E-state index in [2.05, 4.69) is 5.10 Å². The summed E-state index contributed by atoms with van der Waals surface area (Å²) >= 11 is 0. The number of ether oxygens (including phenoxy) is 3. The molecule has 2 fully saturated rings. The second kappa shape index (κ2) is 7.72. The number of benzene rings is 2. The van der Waals surface area contributed by atoms with E-state index in [0.717, 1.165) is 0 Å². The molecule has 6 rings (SSSR count). The van der Waals surface area contributed by atoms with Crippen molar-refractivity contribution < 1.29 is 28.6 Å². The van der Waals surface area contributed by atoms with Crippen LogP contribution in [0.5, 0.6) is 17.2 Å². The van der Waals surface area contributed by atoms with Gasteiger partial charge < -0.3 is 14.2 Å². The number of hydrogen-bond donors (Lipinski definition) is 0. The summed E-state index contributed by atoms with van der Waals surface area (Å²) in [5.41, 5.74) is 0.826. The molecule has 2 amide bonds. The third kappa shape index (κ3) is 2.93. The maximum absolute atomic E-state index is 13.7. The number of fused-ring (bicyclic) bond motifs is 4. The van der Waals surface area contributed by atoms with Crippen LogP contribution in [-0.2, 0) is 9.59 Å². The summed E-state index contributed by atoms with van der Waals surface area (Å²) < 4.78 is 16.4. The Morgan fingerprint density at radius 2 is 1.74 bits per heavy atom. The Hall–Kier alpha value is -4.14. The monoisotopic (exact) mass is 459 g/mol. The molecule has 4 heterocycles. The molecule has 0 saturated carbocycles. The molecule has 0 bridgehead atoms. The van der Waals surface area contributed by atoms with Crippen LogP contribution in [0.4, 0.5) is 5.69 Å². The average molecular weight is 459 g/mol. The number of hydrogen-bond acceptors (Lipinski definition) is 8. The van der Waals surface area contributed by atoms with Crippen LogP contribution < -0.4 is 19.1 Å². The molecule has 4 atom stereocenters. The van der Waals surface area contributed by atoms with Gasteiger partial charge in [-0.15, -0.1) is 0 Å². The molecular formula is C25H21N3O6. The lowest BCUT2D eigenvalue weighted by Gasteiger charge is -2.30. The van der Waals surface area contributed by atoms with Crippen LogP contribution in [0.25, 0.3) is 0 Å². The minimum atomic E-state index is -0.900. The van der Waals surface area contributed by atoms with E-state index >= 15 is 0 Å². The first-order valence-corrected chi connectivity index (χ1v) is 11.0. The number of amides is 2. The SMILES string of the molecule is COc1ccc(C(=O)[C@@H]2[C@@H]3C(=O)N(c4ccc5c(c4)OCCO5)C(=O)[C@@H]3[C@@H]3C=CC=NN23)cc1. The van der Waals surface area contributed by atoms with Gasteiger partial charge in [-0.3, -0.25) is 19.4 Å². The molecule has 4 aliphatic heterocycles. The van der Waals surface area contributed by atoms with E-state index in [1.165, 1.54) is 4.90 Å². The molecule has 2 saturated heterocycles. The minimum absolute atomic E-state index is 0.266. The van der Waals surface area contributed by atoms with Gasteiger partial charge in [0.25, 0.3) is 0 Å². The normalized spacial score (nSPS) is 26.5. The quantitative estimate of drug-likeness (QED) is 0.510. The Morgan fingerprint density at radius 1 is 1.00 bits per heavy atom. The van der Waals surface area contributed by atoms with Crippen molar-refractivity contribution in [3.05, 3.63) is 60.2 Å². The number of hydrazone groups is 1. The van der Waals surface area contributed by atoms with Crippen molar-refractivity contribution in [2.75, 3.05) is 25.2 Å². The fourth-order valence-corrected chi connectivity index (χ4v) is 5.19. The smallest absolute Gasteiger partial charge is 0.240 e. The third-order valence-electron chi connectivity index (χ3n) is 6.72.